The van der Waals surface area contributed by atoms with E-state index in [0.717, 1.165) is 61.9 Å². The Labute approximate surface area is 316 Å². The summed E-state index contributed by atoms with van der Waals surface area (Å²) in [7, 11) is 5.91. The first-order chi connectivity index (χ1) is 25.0. The molecular formula is C38H53N9O5S. The van der Waals surface area contributed by atoms with Crippen molar-refractivity contribution in [1.29, 1.82) is 5.26 Å². The van der Waals surface area contributed by atoms with Gasteiger partial charge in [0.05, 0.1) is 29.6 Å². The van der Waals surface area contributed by atoms with Gasteiger partial charge in [-0.15, -0.1) is 11.3 Å². The zero-order valence-corrected chi connectivity index (χ0v) is 33.1. The highest BCUT2D eigenvalue weighted by molar-refractivity contribution is 7.16. The Morgan fingerprint density at radius 1 is 1.23 bits per heavy atom. The summed E-state index contributed by atoms with van der Waals surface area (Å²) in [6.07, 6.45) is 7.65. The third-order valence-electron chi connectivity index (χ3n) is 11.3. The van der Waals surface area contributed by atoms with Crippen molar-refractivity contribution >= 4 is 40.3 Å². The van der Waals surface area contributed by atoms with Gasteiger partial charge in [0, 0.05) is 56.1 Å². The molecule has 1 N–H and O–H groups in total. The van der Waals surface area contributed by atoms with Crippen molar-refractivity contribution < 1.29 is 24.2 Å². The molecule has 286 valence electrons. The van der Waals surface area contributed by atoms with Crippen LogP contribution in [-0.4, -0.2) is 119 Å². The maximum atomic E-state index is 13.2. The Kier molecular flexibility index (Phi) is 9.64. The minimum atomic E-state index is -1.96. The van der Waals surface area contributed by atoms with Gasteiger partial charge in [-0.05, 0) is 98.7 Å². The number of amides is 1. The first-order valence-electron chi connectivity index (χ1n) is 18.8. The molecule has 53 heavy (non-hydrogen) atoms. The van der Waals surface area contributed by atoms with Gasteiger partial charge < -0.3 is 29.2 Å². The normalized spacial score (nSPS) is 27.3. The summed E-state index contributed by atoms with van der Waals surface area (Å²) in [4.78, 5) is 42.8. The van der Waals surface area contributed by atoms with Gasteiger partial charge in [-0.25, -0.2) is 14.8 Å². The number of fused-ring (bicyclic) bond motifs is 1. The fraction of sp³-hybridized carbons (Fsp3) is 0.684. The highest BCUT2D eigenvalue weighted by atomic mass is 32.1. The van der Waals surface area contributed by atoms with Gasteiger partial charge >= 0.3 is 11.9 Å². The number of nitriles is 1. The number of carbonyl (C=O) groups excluding carboxylic acids is 1. The van der Waals surface area contributed by atoms with Crippen LogP contribution in [0.25, 0.3) is 0 Å². The average molecular weight is 748 g/mol. The molecule has 5 aliphatic rings. The third kappa shape index (κ3) is 7.17. The number of aryl methyl sites for hydroxylation is 1. The smallest absolute Gasteiger partial charge is 0.410 e. The van der Waals surface area contributed by atoms with Gasteiger partial charge in [-0.2, -0.15) is 10.2 Å². The van der Waals surface area contributed by atoms with Crippen LogP contribution in [0.3, 0.4) is 0 Å². The number of thiophene rings is 1. The van der Waals surface area contributed by atoms with E-state index in [1.165, 1.54) is 0 Å². The van der Waals surface area contributed by atoms with E-state index in [4.69, 9.17) is 24.3 Å². The molecule has 0 bridgehead atoms. The number of nitrogens with zero attached hydrogens (tertiary/aromatic N) is 9. The van der Waals surface area contributed by atoms with Crippen LogP contribution >= 0.6 is 11.3 Å². The fourth-order valence-electron chi connectivity index (χ4n) is 8.40. The lowest BCUT2D eigenvalue weighted by Crippen LogP contribution is -2.58. The Hall–Kier alpha value is -4.00. The summed E-state index contributed by atoms with van der Waals surface area (Å²) < 4.78 is 12.3. The third-order valence-corrected chi connectivity index (χ3v) is 12.5. The van der Waals surface area contributed by atoms with Crippen LogP contribution in [0, 0.1) is 11.3 Å². The second kappa shape index (κ2) is 13.7. The number of hydrogen-bond acceptors (Lipinski definition) is 13. The van der Waals surface area contributed by atoms with Crippen LogP contribution in [0.4, 0.5) is 15.6 Å². The zero-order valence-electron chi connectivity index (χ0n) is 32.3. The van der Waals surface area contributed by atoms with Crippen molar-refractivity contribution in [2.75, 3.05) is 52.2 Å². The van der Waals surface area contributed by atoms with Crippen LogP contribution in [0.15, 0.2) is 16.2 Å². The number of piperazine rings is 1. The zero-order chi connectivity index (χ0) is 37.9. The predicted molar refractivity (Wildman–Crippen MR) is 203 cm³/mol. The summed E-state index contributed by atoms with van der Waals surface area (Å²) >= 11 is 1.54. The minimum absolute atomic E-state index is 0.0279. The number of oxime groups is 1. The lowest BCUT2D eigenvalue weighted by atomic mass is 9.68. The molecule has 4 atom stereocenters. The molecule has 1 spiro atoms. The molecule has 1 saturated carbocycles. The van der Waals surface area contributed by atoms with Gasteiger partial charge in [0.15, 0.2) is 0 Å². The van der Waals surface area contributed by atoms with Crippen molar-refractivity contribution in [2.24, 2.45) is 10.1 Å². The topological polar surface area (TPSA) is 152 Å². The number of rotatable bonds is 8. The Balaban J connectivity index is 1.19. The van der Waals surface area contributed by atoms with E-state index in [1.54, 1.807) is 17.7 Å². The van der Waals surface area contributed by atoms with Crippen molar-refractivity contribution in [3.05, 3.63) is 27.9 Å². The second-order valence-corrected chi connectivity index (χ2v) is 17.9. The lowest BCUT2D eigenvalue weighted by Gasteiger charge is -2.43. The first kappa shape index (κ1) is 37.3. The summed E-state index contributed by atoms with van der Waals surface area (Å²) in [5.41, 5.74) is 0.518. The average Bonchev–Trinajstić information content (AvgIpc) is 3.39. The maximum Gasteiger partial charge on any atom is 0.410 e. The summed E-state index contributed by atoms with van der Waals surface area (Å²) in [5, 5.41) is 27.8. The molecule has 0 aromatic carbocycles. The second-order valence-electron chi connectivity index (χ2n) is 16.9. The molecule has 1 unspecified atom stereocenters. The maximum absolute atomic E-state index is 13.2. The van der Waals surface area contributed by atoms with Crippen molar-refractivity contribution in [1.82, 2.24) is 24.7 Å². The number of carbonyl (C=O) groups is 1. The van der Waals surface area contributed by atoms with Gasteiger partial charge in [0.1, 0.15) is 28.6 Å². The number of hydrogen-bond donors (Lipinski definition) is 1. The number of aromatic nitrogens is 2. The number of likely N-dealkylation sites (N-methyl/N-ethyl adjacent to an activating group) is 1. The molecule has 5 heterocycles. The molecule has 7 rings (SSSR count). The van der Waals surface area contributed by atoms with Gasteiger partial charge in [0.2, 0.25) is 11.7 Å². The molecule has 2 aromatic heterocycles. The van der Waals surface area contributed by atoms with Crippen molar-refractivity contribution in [3.8, 4) is 11.9 Å². The SMILES string of the molecule is C[C@H](Oc1cc(N2CCN(C(=O)OC(C)(C)C)C3(CC3)C2)nc(C2(O)CC([C@@]3(C)CCCc4sc(N=CN(C)C)c(C#N)c43)=NO2)n1)[C@@H]1CCCN1C. The molecule has 3 fully saturated rings. The molecule has 2 aromatic rings. The van der Waals surface area contributed by atoms with Crippen LogP contribution in [-0.2, 0) is 27.2 Å². The van der Waals surface area contributed by atoms with Crippen LogP contribution in [0.1, 0.15) is 101 Å². The molecule has 3 aliphatic heterocycles. The van der Waals surface area contributed by atoms with Crippen molar-refractivity contribution in [2.45, 2.75) is 120 Å². The Bertz CT molecular complexity index is 1850. The molecule has 2 saturated heterocycles. The summed E-state index contributed by atoms with van der Waals surface area (Å²) in [6, 6.07) is 4.49. The van der Waals surface area contributed by atoms with Gasteiger partial charge in [0.25, 0.3) is 0 Å². The first-order valence-corrected chi connectivity index (χ1v) is 19.6. The number of ether oxygens (including phenoxy) is 2. The number of likely N-dealkylation sites (tertiary alicyclic amines) is 1. The Morgan fingerprint density at radius 2 is 2.00 bits per heavy atom. The van der Waals surface area contributed by atoms with E-state index in [2.05, 4.69) is 46.9 Å². The predicted octanol–water partition coefficient (Wildman–Crippen LogP) is 5.30. The van der Waals surface area contributed by atoms with E-state index < -0.39 is 16.8 Å². The largest absolute Gasteiger partial charge is 0.473 e. The van der Waals surface area contributed by atoms with Gasteiger partial charge in [-0.1, -0.05) is 5.16 Å². The number of aliphatic hydroxyl groups is 1. The highest BCUT2D eigenvalue weighted by Crippen LogP contribution is 2.51. The van der Waals surface area contributed by atoms with Crippen molar-refractivity contribution in [3.63, 3.8) is 0 Å². The van der Waals surface area contributed by atoms with E-state index in [-0.39, 0.29) is 36.0 Å². The van der Waals surface area contributed by atoms with Crippen LogP contribution in [0.2, 0.25) is 0 Å². The van der Waals surface area contributed by atoms with Crippen LogP contribution in [0.5, 0.6) is 5.88 Å². The standard InChI is InChI=1S/C38H53N9O5S/c1-24(26-11-10-16-45(26)8)50-30-19-29(46-17-18-47(37(22-46)14-15-37)34(48)51-35(2,3)4)41-33(42-30)38(49)20-28(43-52-38)36(5)13-9-12-27-31(36)25(21-39)32(53-27)40-23-44(6)7/h19,23-24,26,49H,9-18,20,22H2,1-8H3/t24-,26-,36+,38?/m0/s1. The summed E-state index contributed by atoms with van der Waals surface area (Å²) in [5.74, 6) is -0.947. The van der Waals surface area contributed by atoms with Gasteiger partial charge in [-0.3, -0.25) is 9.80 Å². The minimum Gasteiger partial charge on any atom is -0.473 e. The Morgan fingerprint density at radius 3 is 2.66 bits per heavy atom. The van der Waals surface area contributed by atoms with E-state index in [1.807, 2.05) is 50.7 Å². The highest BCUT2D eigenvalue weighted by Gasteiger charge is 2.55. The molecular weight excluding hydrogens is 695 g/mol. The molecule has 15 heteroatoms. The molecule has 14 nitrogen and oxygen atoms in total. The number of anilines is 1. The van der Waals surface area contributed by atoms with E-state index in [0.29, 0.717) is 47.6 Å². The van der Waals surface area contributed by atoms with Crippen LogP contribution < -0.4 is 9.64 Å². The van der Waals surface area contributed by atoms with E-state index >= 15 is 0 Å². The monoisotopic (exact) mass is 747 g/mol. The molecule has 1 amide bonds. The summed E-state index contributed by atoms with van der Waals surface area (Å²) in [6.45, 7) is 12.4. The fourth-order valence-corrected chi connectivity index (χ4v) is 9.66. The lowest BCUT2D eigenvalue weighted by molar-refractivity contribution is -0.199. The molecule has 2 aliphatic carbocycles. The quantitative estimate of drug-likeness (QED) is 0.277. The van der Waals surface area contributed by atoms with E-state index in [9.17, 15) is 15.2 Å². The molecule has 0 radical (unpaired) electrons. The number of aliphatic imine (C=N–C) groups is 1.